The quantitative estimate of drug-likeness (QED) is 0.856. The van der Waals surface area contributed by atoms with Crippen molar-refractivity contribution in [1.82, 2.24) is 5.32 Å². The predicted molar refractivity (Wildman–Crippen MR) is 85.7 cm³/mol. The van der Waals surface area contributed by atoms with Crippen molar-refractivity contribution < 1.29 is 4.79 Å². The maximum Gasteiger partial charge on any atom is 0.222 e. The van der Waals surface area contributed by atoms with Gasteiger partial charge in [0.2, 0.25) is 5.91 Å². The highest BCUT2D eigenvalue weighted by atomic mass is 16.1. The number of nitrogens with two attached hydrogens (primary N) is 1. The highest BCUT2D eigenvalue weighted by molar-refractivity contribution is 5.77. The Morgan fingerprint density at radius 2 is 1.62 bits per heavy atom. The molecule has 2 rings (SSSR count). The zero-order chi connectivity index (χ0) is 15.1. The van der Waals surface area contributed by atoms with E-state index in [2.05, 4.69) is 17.4 Å². The topological polar surface area (TPSA) is 55.1 Å². The molecule has 0 saturated carbocycles. The highest BCUT2D eigenvalue weighted by Crippen LogP contribution is 2.13. The van der Waals surface area contributed by atoms with Gasteiger partial charge >= 0.3 is 0 Å². The van der Waals surface area contributed by atoms with Crippen LogP contribution in [0.4, 0.5) is 0 Å². The maximum absolute atomic E-state index is 12.0. The van der Waals surface area contributed by atoms with Crippen LogP contribution in [0, 0.1) is 0 Å². The lowest BCUT2D eigenvalue weighted by atomic mass is 10.0. The Morgan fingerprint density at radius 1 is 1.05 bits per heavy atom. The largest absolute Gasteiger partial charge is 0.353 e. The second kappa shape index (κ2) is 7.60. The smallest absolute Gasteiger partial charge is 0.222 e. The molecule has 3 nitrogen and oxygen atoms in total. The summed E-state index contributed by atoms with van der Waals surface area (Å²) in [7, 11) is 0. The van der Waals surface area contributed by atoms with Crippen LogP contribution in [0.3, 0.4) is 0 Å². The van der Waals surface area contributed by atoms with Crippen LogP contribution in [0.1, 0.15) is 30.5 Å². The van der Waals surface area contributed by atoms with Crippen LogP contribution in [-0.4, -0.2) is 11.9 Å². The first kappa shape index (κ1) is 15.3. The minimum absolute atomic E-state index is 0.00483. The molecule has 0 fully saturated rings. The number of carbonyl (C=O) groups is 1. The lowest BCUT2D eigenvalue weighted by molar-refractivity contribution is -0.122. The van der Waals surface area contributed by atoms with E-state index in [1.54, 1.807) is 0 Å². The molecule has 2 unspecified atom stereocenters. The number of benzene rings is 2. The van der Waals surface area contributed by atoms with Crippen LogP contribution in [0.5, 0.6) is 0 Å². The van der Waals surface area contributed by atoms with Gasteiger partial charge in [-0.05, 0) is 24.5 Å². The van der Waals surface area contributed by atoms with Gasteiger partial charge < -0.3 is 11.1 Å². The van der Waals surface area contributed by atoms with E-state index in [1.807, 2.05) is 55.5 Å². The highest BCUT2D eigenvalue weighted by Gasteiger charge is 2.13. The molecule has 3 heteroatoms. The van der Waals surface area contributed by atoms with Crippen molar-refractivity contribution in [3.05, 3.63) is 71.8 Å². The molecule has 0 spiro atoms. The molecule has 0 bridgehead atoms. The summed E-state index contributed by atoms with van der Waals surface area (Å²) in [6.45, 7) is 2.01. The Balaban J connectivity index is 1.81. The summed E-state index contributed by atoms with van der Waals surface area (Å²) in [4.78, 5) is 12.0. The van der Waals surface area contributed by atoms with E-state index in [1.165, 1.54) is 5.56 Å². The Kier molecular flexibility index (Phi) is 5.52. The van der Waals surface area contributed by atoms with Crippen molar-refractivity contribution >= 4 is 5.91 Å². The molecular formula is C18H22N2O. The third kappa shape index (κ3) is 5.04. The predicted octanol–water partition coefficient (Wildman–Crippen LogP) is 2.82. The van der Waals surface area contributed by atoms with Crippen LogP contribution < -0.4 is 11.1 Å². The van der Waals surface area contributed by atoms with E-state index in [-0.39, 0.29) is 18.0 Å². The molecule has 0 aliphatic heterocycles. The van der Waals surface area contributed by atoms with Gasteiger partial charge in [-0.15, -0.1) is 0 Å². The molecule has 110 valence electrons. The van der Waals surface area contributed by atoms with Gasteiger partial charge in [-0.3, -0.25) is 4.79 Å². The normalized spacial score (nSPS) is 13.4. The zero-order valence-electron chi connectivity index (χ0n) is 12.3. The number of carbonyl (C=O) groups excluding carboxylic acids is 1. The molecule has 0 aromatic heterocycles. The molecular weight excluding hydrogens is 260 g/mol. The van der Waals surface area contributed by atoms with Gasteiger partial charge in [0, 0.05) is 18.5 Å². The monoisotopic (exact) mass is 282 g/mol. The van der Waals surface area contributed by atoms with E-state index >= 15 is 0 Å². The molecule has 2 aromatic rings. The van der Waals surface area contributed by atoms with Gasteiger partial charge in [-0.1, -0.05) is 60.7 Å². The first-order valence-corrected chi connectivity index (χ1v) is 7.29. The summed E-state index contributed by atoms with van der Waals surface area (Å²) in [5, 5.41) is 3.01. The second-order valence-electron chi connectivity index (χ2n) is 5.38. The first-order chi connectivity index (χ1) is 10.1. The molecule has 1 amide bonds. The van der Waals surface area contributed by atoms with Crippen molar-refractivity contribution in [2.24, 2.45) is 5.73 Å². The Hall–Kier alpha value is -2.13. The fourth-order valence-electron chi connectivity index (χ4n) is 2.37. The summed E-state index contributed by atoms with van der Waals surface area (Å²) in [5.74, 6) is -0.00483. The van der Waals surface area contributed by atoms with E-state index in [0.717, 1.165) is 12.0 Å². The molecule has 2 aromatic carbocycles. The average molecular weight is 282 g/mol. The third-order valence-electron chi connectivity index (χ3n) is 3.43. The van der Waals surface area contributed by atoms with Gasteiger partial charge in [-0.2, -0.15) is 0 Å². The van der Waals surface area contributed by atoms with Gasteiger partial charge in [-0.25, -0.2) is 0 Å². The SMILES string of the molecule is CC(Cc1ccccc1)NC(=O)CC(N)c1ccccc1. The molecule has 3 N–H and O–H groups in total. The molecule has 0 saturated heterocycles. The van der Waals surface area contributed by atoms with Crippen molar-refractivity contribution in [3.8, 4) is 0 Å². The minimum atomic E-state index is -0.255. The van der Waals surface area contributed by atoms with Gasteiger partial charge in [0.05, 0.1) is 0 Å². The average Bonchev–Trinajstić information content (AvgIpc) is 2.48. The summed E-state index contributed by atoms with van der Waals surface area (Å²) in [5.41, 5.74) is 8.27. The third-order valence-corrected chi connectivity index (χ3v) is 3.43. The summed E-state index contributed by atoms with van der Waals surface area (Å²) < 4.78 is 0. The molecule has 0 aliphatic rings. The van der Waals surface area contributed by atoms with Crippen molar-refractivity contribution in [2.45, 2.75) is 31.8 Å². The van der Waals surface area contributed by atoms with Crippen molar-refractivity contribution in [2.75, 3.05) is 0 Å². The first-order valence-electron chi connectivity index (χ1n) is 7.29. The number of amides is 1. The van der Waals surface area contributed by atoms with Gasteiger partial charge in [0.25, 0.3) is 0 Å². The van der Waals surface area contributed by atoms with Crippen molar-refractivity contribution in [3.63, 3.8) is 0 Å². The summed E-state index contributed by atoms with van der Waals surface area (Å²) in [6.07, 6.45) is 1.14. The van der Waals surface area contributed by atoms with E-state index in [0.29, 0.717) is 6.42 Å². The van der Waals surface area contributed by atoms with Crippen LogP contribution in [0.25, 0.3) is 0 Å². The van der Waals surface area contributed by atoms with Gasteiger partial charge in [0.1, 0.15) is 0 Å². The van der Waals surface area contributed by atoms with Crippen molar-refractivity contribution in [1.29, 1.82) is 0 Å². The van der Waals surface area contributed by atoms with E-state index in [4.69, 9.17) is 5.73 Å². The van der Waals surface area contributed by atoms with Gasteiger partial charge in [0.15, 0.2) is 0 Å². The minimum Gasteiger partial charge on any atom is -0.353 e. The van der Waals surface area contributed by atoms with E-state index in [9.17, 15) is 4.79 Å². The standard InChI is InChI=1S/C18H22N2O/c1-14(12-15-8-4-2-5-9-15)20-18(21)13-17(19)16-10-6-3-7-11-16/h2-11,14,17H,12-13,19H2,1H3,(H,20,21). The Bertz CT molecular complexity index is 554. The Morgan fingerprint density at radius 3 is 2.24 bits per heavy atom. The van der Waals surface area contributed by atoms with Crippen LogP contribution in [0.15, 0.2) is 60.7 Å². The Labute approximate surface area is 126 Å². The molecule has 21 heavy (non-hydrogen) atoms. The van der Waals surface area contributed by atoms with Crippen LogP contribution in [0.2, 0.25) is 0 Å². The fourth-order valence-corrected chi connectivity index (χ4v) is 2.37. The maximum atomic E-state index is 12.0. The number of hydrogen-bond acceptors (Lipinski definition) is 2. The summed E-state index contributed by atoms with van der Waals surface area (Å²) >= 11 is 0. The number of nitrogens with one attached hydrogen (secondary N) is 1. The van der Waals surface area contributed by atoms with E-state index < -0.39 is 0 Å². The fraction of sp³-hybridized carbons (Fsp3) is 0.278. The molecule has 2 atom stereocenters. The zero-order valence-corrected chi connectivity index (χ0v) is 12.3. The van der Waals surface area contributed by atoms with Crippen LogP contribution in [-0.2, 0) is 11.2 Å². The lowest BCUT2D eigenvalue weighted by Gasteiger charge is -2.16. The molecule has 0 heterocycles. The van der Waals surface area contributed by atoms with Crippen LogP contribution >= 0.6 is 0 Å². The second-order valence-corrected chi connectivity index (χ2v) is 5.38. The number of hydrogen-bond donors (Lipinski definition) is 2. The lowest BCUT2D eigenvalue weighted by Crippen LogP contribution is -2.35. The summed E-state index contributed by atoms with van der Waals surface area (Å²) in [6, 6.07) is 19.7. The molecule has 0 radical (unpaired) electrons. The molecule has 0 aliphatic carbocycles. The number of rotatable bonds is 6.